The Morgan fingerprint density at radius 3 is 2.23 bits per heavy atom. The molecule has 0 N–H and O–H groups in total. The van der Waals surface area contributed by atoms with Gasteiger partial charge in [0.1, 0.15) is 0 Å². The fourth-order valence-corrected chi connectivity index (χ4v) is 6.72. The average Bonchev–Trinajstić information content (AvgIpc) is 3.53. The molecule has 3 aliphatic carbocycles. The molecular weight excluding hydrogens is 468 g/mol. The number of hydrogen-bond acceptors (Lipinski definition) is 0. The smallest absolute Gasteiger partial charge is 0.0201 e. The quantitative estimate of drug-likeness (QED) is 0.315. The summed E-state index contributed by atoms with van der Waals surface area (Å²) in [4.78, 5) is 0. The minimum absolute atomic E-state index is 0.288. The Balaban J connectivity index is 1.37. The molecule has 1 fully saturated rings. The highest BCUT2D eigenvalue weighted by atomic mass is 14.4. The zero-order valence-corrected chi connectivity index (χ0v) is 24.0. The van der Waals surface area contributed by atoms with E-state index in [0.29, 0.717) is 5.92 Å². The van der Waals surface area contributed by atoms with Crippen molar-refractivity contribution in [2.75, 3.05) is 0 Å². The molecule has 0 amide bonds. The van der Waals surface area contributed by atoms with Crippen molar-refractivity contribution in [3.8, 4) is 0 Å². The summed E-state index contributed by atoms with van der Waals surface area (Å²) >= 11 is 0. The molecule has 0 radical (unpaired) electrons. The predicted molar refractivity (Wildman–Crippen MR) is 170 cm³/mol. The van der Waals surface area contributed by atoms with Gasteiger partial charge in [-0.3, -0.25) is 0 Å². The van der Waals surface area contributed by atoms with Crippen molar-refractivity contribution < 1.29 is 0 Å². The van der Waals surface area contributed by atoms with Crippen LogP contribution < -0.4 is 0 Å². The highest BCUT2D eigenvalue weighted by Gasteiger charge is 2.40. The highest BCUT2D eigenvalue weighted by Crippen LogP contribution is 2.55. The molecule has 0 bridgehead atoms. The van der Waals surface area contributed by atoms with Gasteiger partial charge in [0.25, 0.3) is 0 Å². The van der Waals surface area contributed by atoms with Crippen LogP contribution in [0.25, 0.3) is 11.1 Å². The van der Waals surface area contributed by atoms with Gasteiger partial charge in [-0.15, -0.1) is 0 Å². The molecule has 0 heterocycles. The van der Waals surface area contributed by atoms with Crippen molar-refractivity contribution in [1.82, 2.24) is 0 Å². The first-order valence-electron chi connectivity index (χ1n) is 14.6. The van der Waals surface area contributed by atoms with Crippen LogP contribution in [0.2, 0.25) is 0 Å². The third-order valence-corrected chi connectivity index (χ3v) is 8.61. The summed E-state index contributed by atoms with van der Waals surface area (Å²) in [6.07, 6.45) is 15.7. The summed E-state index contributed by atoms with van der Waals surface area (Å²) in [6, 6.07) is 20.0. The lowest BCUT2D eigenvalue weighted by Crippen LogP contribution is -2.21. The van der Waals surface area contributed by atoms with E-state index in [1.807, 2.05) is 0 Å². The van der Waals surface area contributed by atoms with Gasteiger partial charge in [0.05, 0.1) is 0 Å². The summed E-state index contributed by atoms with van der Waals surface area (Å²) in [6.45, 7) is 20.2. The highest BCUT2D eigenvalue weighted by molar-refractivity contribution is 5.75. The van der Waals surface area contributed by atoms with Crippen molar-refractivity contribution in [3.05, 3.63) is 154 Å². The van der Waals surface area contributed by atoms with Gasteiger partial charge in [0.15, 0.2) is 0 Å². The Labute approximate surface area is 236 Å². The Bertz CT molecular complexity index is 1440. The molecule has 1 saturated carbocycles. The largest absolute Gasteiger partial charge is 0.0955 e. The van der Waals surface area contributed by atoms with Gasteiger partial charge in [0, 0.05) is 11.8 Å². The lowest BCUT2D eigenvalue weighted by atomic mass is 9.69. The second kappa shape index (κ2) is 11.6. The van der Waals surface area contributed by atoms with Crippen LogP contribution >= 0.6 is 0 Å². The molecule has 0 saturated heterocycles. The molecule has 198 valence electrons. The van der Waals surface area contributed by atoms with E-state index in [-0.39, 0.29) is 5.92 Å². The third-order valence-electron chi connectivity index (χ3n) is 8.61. The molecule has 2 aromatic rings. The molecule has 2 aromatic carbocycles. The van der Waals surface area contributed by atoms with Gasteiger partial charge < -0.3 is 0 Å². The summed E-state index contributed by atoms with van der Waals surface area (Å²) in [5.41, 5.74) is 16.1. The number of benzene rings is 2. The Morgan fingerprint density at radius 1 is 0.846 bits per heavy atom. The minimum atomic E-state index is 0.288. The third kappa shape index (κ3) is 5.44. The zero-order chi connectivity index (χ0) is 27.5. The maximum absolute atomic E-state index is 4.71. The number of fused-ring (bicyclic) bond motifs is 1. The number of allylic oxidation sites excluding steroid dienone is 13. The van der Waals surface area contributed by atoms with E-state index in [9.17, 15) is 0 Å². The summed E-state index contributed by atoms with van der Waals surface area (Å²) in [7, 11) is 0. The van der Waals surface area contributed by atoms with E-state index in [0.717, 1.165) is 38.5 Å². The minimum Gasteiger partial charge on any atom is -0.0955 e. The van der Waals surface area contributed by atoms with Crippen molar-refractivity contribution in [3.63, 3.8) is 0 Å². The van der Waals surface area contributed by atoms with Gasteiger partial charge in [-0.05, 0) is 88.3 Å². The maximum atomic E-state index is 4.71. The summed E-state index contributed by atoms with van der Waals surface area (Å²) in [5, 5.41) is 0. The average molecular weight is 511 g/mol. The van der Waals surface area contributed by atoms with E-state index >= 15 is 0 Å². The normalized spacial score (nSPS) is 21.6. The van der Waals surface area contributed by atoms with E-state index in [1.165, 1.54) is 66.8 Å². The first kappa shape index (κ1) is 26.9. The van der Waals surface area contributed by atoms with Crippen LogP contribution in [0.4, 0.5) is 0 Å². The second-order valence-electron chi connectivity index (χ2n) is 11.4. The molecule has 0 aliphatic heterocycles. The first-order valence-corrected chi connectivity index (χ1v) is 14.6. The van der Waals surface area contributed by atoms with E-state index < -0.39 is 0 Å². The van der Waals surface area contributed by atoms with Crippen molar-refractivity contribution in [1.29, 1.82) is 0 Å². The molecule has 0 spiro atoms. The van der Waals surface area contributed by atoms with E-state index in [1.54, 1.807) is 0 Å². The van der Waals surface area contributed by atoms with Crippen LogP contribution in [-0.2, 0) is 0 Å². The molecule has 0 aromatic heterocycles. The Hall–Kier alpha value is -3.64. The molecule has 5 rings (SSSR count). The van der Waals surface area contributed by atoms with Crippen LogP contribution in [0.5, 0.6) is 0 Å². The van der Waals surface area contributed by atoms with Crippen LogP contribution in [0.3, 0.4) is 0 Å². The molecular formula is C39H42. The molecule has 0 heteroatoms. The second-order valence-corrected chi connectivity index (χ2v) is 11.4. The fraction of sp³-hybridized carbons (Fsp3) is 0.282. The number of hydrogen-bond donors (Lipinski definition) is 0. The molecule has 39 heavy (non-hydrogen) atoms. The predicted octanol–water partition coefficient (Wildman–Crippen LogP) is 11.1. The maximum Gasteiger partial charge on any atom is 0.0201 e. The lowest BCUT2D eigenvalue weighted by Gasteiger charge is -2.34. The van der Waals surface area contributed by atoms with Crippen LogP contribution in [0.1, 0.15) is 81.9 Å². The topological polar surface area (TPSA) is 0 Å². The van der Waals surface area contributed by atoms with Crippen LogP contribution in [0, 0.1) is 5.92 Å². The van der Waals surface area contributed by atoms with Crippen molar-refractivity contribution >= 4 is 11.1 Å². The monoisotopic (exact) mass is 510 g/mol. The first-order chi connectivity index (χ1) is 18.9. The molecule has 2 unspecified atom stereocenters. The van der Waals surface area contributed by atoms with Gasteiger partial charge in [0.2, 0.25) is 0 Å². The zero-order valence-electron chi connectivity index (χ0n) is 24.0. The van der Waals surface area contributed by atoms with Crippen molar-refractivity contribution in [2.24, 2.45) is 5.92 Å². The standard InChI is InChI=1S/C39H42/c1-7-12-26(3)31-18-20-32(21-19-31)34-17-16-30(23-34)24-35-25-36-22-28(5)37(27(4)13-8-2)39(38(36)29(35)6)33-14-10-9-11-15-33/h9-11,14-22,24,38-39H,3-4,6-8,12-13,23,25H2,1-2,5H3. The Kier molecular flexibility index (Phi) is 8.03. The Morgan fingerprint density at radius 2 is 1.54 bits per heavy atom. The van der Waals surface area contributed by atoms with Crippen molar-refractivity contribution in [2.45, 2.75) is 65.2 Å². The van der Waals surface area contributed by atoms with E-state index in [4.69, 9.17) is 6.58 Å². The van der Waals surface area contributed by atoms with Gasteiger partial charge >= 0.3 is 0 Å². The number of rotatable bonds is 9. The SMILES string of the molecule is C=C(CCC)C1=C(C)C=C2CC(=CC3=CC=C(c4ccc(C(=C)CCC)cc4)C3)C(=C)C2C1c1ccccc1. The molecule has 2 atom stereocenters. The molecule has 3 aliphatic rings. The van der Waals surface area contributed by atoms with Gasteiger partial charge in [-0.25, -0.2) is 0 Å². The van der Waals surface area contributed by atoms with Gasteiger partial charge in [-0.1, -0.05) is 136 Å². The summed E-state index contributed by atoms with van der Waals surface area (Å²) < 4.78 is 0. The lowest BCUT2D eigenvalue weighted by molar-refractivity contribution is 0.619. The van der Waals surface area contributed by atoms with Crippen LogP contribution in [-0.4, -0.2) is 0 Å². The van der Waals surface area contributed by atoms with E-state index in [2.05, 4.69) is 113 Å². The molecule has 0 nitrogen and oxygen atoms in total. The van der Waals surface area contributed by atoms with Crippen LogP contribution in [0.15, 0.2) is 138 Å². The summed E-state index contributed by atoms with van der Waals surface area (Å²) in [5.74, 6) is 0.597. The fourth-order valence-electron chi connectivity index (χ4n) is 6.72. The van der Waals surface area contributed by atoms with Gasteiger partial charge in [-0.2, -0.15) is 0 Å².